The van der Waals surface area contributed by atoms with Crippen LogP contribution in [0.1, 0.15) is 42.1 Å². The molecule has 0 amide bonds. The second-order valence-corrected chi connectivity index (χ2v) is 7.39. The van der Waals surface area contributed by atoms with Gasteiger partial charge in [0.15, 0.2) is 0 Å². The van der Waals surface area contributed by atoms with Crippen LogP contribution in [-0.2, 0) is 5.41 Å². The summed E-state index contributed by atoms with van der Waals surface area (Å²) >= 11 is 7.70. The van der Waals surface area contributed by atoms with Gasteiger partial charge >= 0.3 is 0 Å². The Morgan fingerprint density at radius 2 is 1.90 bits per heavy atom. The molecule has 0 aliphatic rings. The minimum absolute atomic E-state index is 0.105. The summed E-state index contributed by atoms with van der Waals surface area (Å²) in [7, 11) is 1.83. The predicted octanol–water partition coefficient (Wildman–Crippen LogP) is 5.15. The van der Waals surface area contributed by atoms with Gasteiger partial charge in [0.2, 0.25) is 0 Å². The summed E-state index contributed by atoms with van der Waals surface area (Å²) in [5.74, 6) is -0.237. The van der Waals surface area contributed by atoms with Gasteiger partial charge < -0.3 is 5.32 Å². The standard InChI is InChI=1S/C16H19ClFNS/c1-16(2,3)14-8-7-13(20-14)15(19-4)11-9-10(17)5-6-12(11)18/h5-9,15,19H,1-4H3. The molecule has 0 saturated heterocycles. The first-order valence-electron chi connectivity index (χ1n) is 6.55. The summed E-state index contributed by atoms with van der Waals surface area (Å²) in [6.07, 6.45) is 0. The van der Waals surface area contributed by atoms with Crippen molar-refractivity contribution >= 4 is 22.9 Å². The Labute approximate surface area is 128 Å². The van der Waals surface area contributed by atoms with E-state index in [0.717, 1.165) is 4.88 Å². The number of hydrogen-bond acceptors (Lipinski definition) is 2. The first-order valence-corrected chi connectivity index (χ1v) is 7.75. The Kier molecular flexibility index (Phi) is 4.52. The molecule has 0 spiro atoms. The van der Waals surface area contributed by atoms with Crippen LogP contribution in [0.15, 0.2) is 30.3 Å². The average Bonchev–Trinajstić information content (AvgIpc) is 2.84. The SMILES string of the molecule is CNC(c1ccc(C(C)(C)C)s1)c1cc(Cl)ccc1F. The van der Waals surface area contributed by atoms with Gasteiger partial charge in [-0.3, -0.25) is 0 Å². The summed E-state index contributed by atoms with van der Waals surface area (Å²) in [5.41, 5.74) is 0.691. The molecule has 0 fully saturated rings. The topological polar surface area (TPSA) is 12.0 Å². The molecule has 1 unspecified atom stereocenters. The van der Waals surface area contributed by atoms with Gasteiger partial charge in [0, 0.05) is 20.3 Å². The van der Waals surface area contributed by atoms with Gasteiger partial charge in [0.1, 0.15) is 5.82 Å². The van der Waals surface area contributed by atoms with Crippen molar-refractivity contribution in [3.8, 4) is 0 Å². The van der Waals surface area contributed by atoms with Crippen molar-refractivity contribution in [3.05, 3.63) is 56.5 Å². The highest BCUT2D eigenvalue weighted by atomic mass is 35.5. The van der Waals surface area contributed by atoms with Crippen molar-refractivity contribution in [1.82, 2.24) is 5.32 Å². The largest absolute Gasteiger partial charge is 0.309 e. The Hall–Kier alpha value is -0.900. The van der Waals surface area contributed by atoms with Crippen LogP contribution in [0.25, 0.3) is 0 Å². The molecular weight excluding hydrogens is 293 g/mol. The lowest BCUT2D eigenvalue weighted by molar-refractivity contribution is 0.579. The summed E-state index contributed by atoms with van der Waals surface area (Å²) in [6, 6.07) is 8.69. The number of rotatable bonds is 3. The highest BCUT2D eigenvalue weighted by molar-refractivity contribution is 7.12. The zero-order valence-corrected chi connectivity index (χ0v) is 13.7. The molecule has 1 aromatic carbocycles. The van der Waals surface area contributed by atoms with Crippen molar-refractivity contribution in [2.75, 3.05) is 7.05 Å². The smallest absolute Gasteiger partial charge is 0.128 e. The first-order chi connectivity index (χ1) is 9.32. The third-order valence-corrected chi connectivity index (χ3v) is 5.02. The third-order valence-electron chi connectivity index (χ3n) is 3.21. The van der Waals surface area contributed by atoms with Gasteiger partial charge in [-0.1, -0.05) is 32.4 Å². The molecule has 2 aromatic rings. The molecule has 1 heterocycles. The fourth-order valence-electron chi connectivity index (χ4n) is 2.10. The van der Waals surface area contributed by atoms with Crippen molar-refractivity contribution in [1.29, 1.82) is 0 Å². The molecule has 1 aromatic heterocycles. The van der Waals surface area contributed by atoms with Crippen LogP contribution in [0.5, 0.6) is 0 Å². The molecule has 1 N–H and O–H groups in total. The van der Waals surface area contributed by atoms with E-state index in [1.165, 1.54) is 10.9 Å². The van der Waals surface area contributed by atoms with E-state index in [2.05, 4.69) is 38.2 Å². The quantitative estimate of drug-likeness (QED) is 0.827. The zero-order chi connectivity index (χ0) is 14.9. The number of nitrogens with one attached hydrogen (secondary N) is 1. The summed E-state index contributed by atoms with van der Waals surface area (Å²) in [5, 5.41) is 3.73. The number of benzene rings is 1. The second kappa shape index (κ2) is 5.84. The number of halogens is 2. The maximum Gasteiger partial charge on any atom is 0.128 e. The highest BCUT2D eigenvalue weighted by Gasteiger charge is 2.22. The average molecular weight is 312 g/mol. The van der Waals surface area contributed by atoms with Crippen molar-refractivity contribution in [2.24, 2.45) is 0 Å². The molecule has 0 bridgehead atoms. The Balaban J connectivity index is 2.42. The minimum Gasteiger partial charge on any atom is -0.309 e. The van der Waals surface area contributed by atoms with Gasteiger partial charge in [0.05, 0.1) is 6.04 Å². The Morgan fingerprint density at radius 1 is 1.20 bits per heavy atom. The zero-order valence-electron chi connectivity index (χ0n) is 12.1. The minimum atomic E-state index is -0.237. The van der Waals surface area contributed by atoms with E-state index >= 15 is 0 Å². The Bertz CT molecular complexity index is 601. The van der Waals surface area contributed by atoms with Crippen molar-refractivity contribution < 1.29 is 4.39 Å². The molecule has 0 aliphatic heterocycles. The van der Waals surface area contributed by atoms with Gasteiger partial charge in [-0.15, -0.1) is 11.3 Å². The summed E-state index contributed by atoms with van der Waals surface area (Å²) < 4.78 is 14.0. The lowest BCUT2D eigenvalue weighted by Crippen LogP contribution is -2.18. The van der Waals surface area contributed by atoms with Gasteiger partial charge in [-0.25, -0.2) is 4.39 Å². The Morgan fingerprint density at radius 3 is 2.45 bits per heavy atom. The maximum absolute atomic E-state index is 14.0. The van der Waals surface area contributed by atoms with Crippen LogP contribution < -0.4 is 5.32 Å². The van der Waals surface area contributed by atoms with Gasteiger partial charge in [-0.2, -0.15) is 0 Å². The molecule has 4 heteroatoms. The fraction of sp³-hybridized carbons (Fsp3) is 0.375. The van der Waals surface area contributed by atoms with Gasteiger partial charge in [0.25, 0.3) is 0 Å². The summed E-state index contributed by atoms with van der Waals surface area (Å²) in [6.45, 7) is 6.53. The van der Waals surface area contributed by atoms with E-state index in [1.54, 1.807) is 23.5 Å². The highest BCUT2D eigenvalue weighted by Crippen LogP contribution is 2.35. The van der Waals surface area contributed by atoms with Gasteiger partial charge in [-0.05, 0) is 42.8 Å². The van der Waals surface area contributed by atoms with Crippen LogP contribution >= 0.6 is 22.9 Å². The first kappa shape index (κ1) is 15.5. The van der Waals surface area contributed by atoms with E-state index in [-0.39, 0.29) is 17.3 Å². The molecule has 108 valence electrons. The van der Waals surface area contributed by atoms with E-state index in [9.17, 15) is 4.39 Å². The second-order valence-electron chi connectivity index (χ2n) is 5.84. The number of thiophene rings is 1. The fourth-order valence-corrected chi connectivity index (χ4v) is 3.47. The molecule has 2 rings (SSSR count). The van der Waals surface area contributed by atoms with E-state index in [4.69, 9.17) is 11.6 Å². The van der Waals surface area contributed by atoms with Crippen LogP contribution in [0.4, 0.5) is 4.39 Å². The molecule has 0 radical (unpaired) electrons. The van der Waals surface area contributed by atoms with E-state index < -0.39 is 0 Å². The maximum atomic E-state index is 14.0. The predicted molar refractivity (Wildman–Crippen MR) is 85.3 cm³/mol. The summed E-state index contributed by atoms with van der Waals surface area (Å²) in [4.78, 5) is 2.38. The molecule has 1 nitrogen and oxygen atoms in total. The van der Waals surface area contributed by atoms with Crippen LogP contribution in [0, 0.1) is 5.82 Å². The normalized spacial score (nSPS) is 13.5. The van der Waals surface area contributed by atoms with E-state index in [0.29, 0.717) is 10.6 Å². The molecule has 0 aliphatic carbocycles. The molecule has 0 saturated carbocycles. The third kappa shape index (κ3) is 3.22. The van der Waals surface area contributed by atoms with Crippen molar-refractivity contribution in [2.45, 2.75) is 32.2 Å². The molecular formula is C16H19ClFNS. The van der Waals surface area contributed by atoms with Crippen LogP contribution in [0.2, 0.25) is 5.02 Å². The van der Waals surface area contributed by atoms with Crippen LogP contribution in [0.3, 0.4) is 0 Å². The van der Waals surface area contributed by atoms with Crippen LogP contribution in [-0.4, -0.2) is 7.05 Å². The number of hydrogen-bond donors (Lipinski definition) is 1. The molecule has 1 atom stereocenters. The van der Waals surface area contributed by atoms with E-state index in [1.807, 2.05) is 7.05 Å². The molecule has 20 heavy (non-hydrogen) atoms. The lowest BCUT2D eigenvalue weighted by atomic mass is 9.95. The monoisotopic (exact) mass is 311 g/mol. The lowest BCUT2D eigenvalue weighted by Gasteiger charge is -2.18. The van der Waals surface area contributed by atoms with Crippen molar-refractivity contribution in [3.63, 3.8) is 0 Å².